The monoisotopic (exact) mass is 300 g/mol. The molecule has 1 heterocycles. The molecule has 2 aromatic rings. The van der Waals surface area contributed by atoms with Gasteiger partial charge in [0.25, 0.3) is 0 Å². The lowest BCUT2D eigenvalue weighted by Crippen LogP contribution is -2.18. The summed E-state index contributed by atoms with van der Waals surface area (Å²) in [4.78, 5) is 16.9. The second-order valence-electron chi connectivity index (χ2n) is 4.57. The van der Waals surface area contributed by atoms with Crippen LogP contribution in [0.4, 0.5) is 5.69 Å². The lowest BCUT2D eigenvalue weighted by atomic mass is 10.3. The van der Waals surface area contributed by atoms with Crippen molar-refractivity contribution >= 4 is 23.4 Å². The molecule has 6 heteroatoms. The number of hydrogen-bond donors (Lipinski definition) is 1. The summed E-state index contributed by atoms with van der Waals surface area (Å²) >= 11 is 1.59. The van der Waals surface area contributed by atoms with E-state index in [0.29, 0.717) is 6.42 Å². The topological polar surface area (TPSA) is 70.7 Å². The van der Waals surface area contributed by atoms with Crippen molar-refractivity contribution in [1.29, 1.82) is 5.26 Å². The number of para-hydroxylation sites is 1. The molecule has 1 aromatic carbocycles. The van der Waals surface area contributed by atoms with E-state index >= 15 is 0 Å². The summed E-state index contributed by atoms with van der Waals surface area (Å²) in [6.07, 6.45) is 5.47. The van der Waals surface area contributed by atoms with E-state index in [1.54, 1.807) is 35.0 Å². The largest absolute Gasteiger partial charge is 0.328 e. The van der Waals surface area contributed by atoms with Gasteiger partial charge < -0.3 is 9.88 Å². The van der Waals surface area contributed by atoms with Gasteiger partial charge in [-0.25, -0.2) is 4.98 Å². The van der Waals surface area contributed by atoms with Gasteiger partial charge in [-0.1, -0.05) is 19.1 Å². The maximum atomic E-state index is 12.0. The van der Waals surface area contributed by atoms with Crippen molar-refractivity contribution in [2.24, 2.45) is 0 Å². The number of anilines is 1. The molecular weight excluding hydrogens is 284 g/mol. The average molecular weight is 300 g/mol. The van der Waals surface area contributed by atoms with E-state index in [1.807, 2.05) is 31.2 Å². The normalized spacial score (nSPS) is 11.6. The second kappa shape index (κ2) is 7.50. The number of benzene rings is 1. The standard InChI is InChI=1S/C15H16N4OS/c1-12(6-7-16)21-14-5-3-2-4-13(14)18-15(20)10-19-9-8-17-11-19/h2-5,8-9,11-12H,6,10H2,1H3,(H,18,20). The number of carbonyl (C=O) groups excluding carboxylic acids is 1. The quantitative estimate of drug-likeness (QED) is 0.833. The number of imidazole rings is 1. The highest BCUT2D eigenvalue weighted by atomic mass is 32.2. The Labute approximate surface area is 128 Å². The van der Waals surface area contributed by atoms with Crippen molar-refractivity contribution in [3.8, 4) is 6.07 Å². The fraction of sp³-hybridized carbons (Fsp3) is 0.267. The zero-order chi connectivity index (χ0) is 15.1. The van der Waals surface area contributed by atoms with E-state index in [1.165, 1.54) is 0 Å². The Morgan fingerprint density at radius 2 is 2.33 bits per heavy atom. The first-order valence-corrected chi connectivity index (χ1v) is 7.45. The van der Waals surface area contributed by atoms with E-state index in [0.717, 1.165) is 10.6 Å². The van der Waals surface area contributed by atoms with Crippen LogP contribution in [-0.2, 0) is 11.3 Å². The maximum absolute atomic E-state index is 12.0. The van der Waals surface area contributed by atoms with Crippen LogP contribution in [0, 0.1) is 11.3 Å². The van der Waals surface area contributed by atoms with Gasteiger partial charge in [-0.3, -0.25) is 4.79 Å². The zero-order valence-electron chi connectivity index (χ0n) is 11.7. The van der Waals surface area contributed by atoms with Crippen molar-refractivity contribution < 1.29 is 4.79 Å². The van der Waals surface area contributed by atoms with Crippen LogP contribution in [0.1, 0.15) is 13.3 Å². The minimum absolute atomic E-state index is 0.103. The molecule has 1 aromatic heterocycles. The Morgan fingerprint density at radius 1 is 1.52 bits per heavy atom. The van der Waals surface area contributed by atoms with Gasteiger partial charge in [0.15, 0.2) is 0 Å². The highest BCUT2D eigenvalue weighted by molar-refractivity contribution is 8.00. The third-order valence-corrected chi connectivity index (χ3v) is 3.93. The number of thioether (sulfide) groups is 1. The molecule has 0 saturated carbocycles. The number of carbonyl (C=O) groups is 1. The lowest BCUT2D eigenvalue weighted by molar-refractivity contribution is -0.116. The third-order valence-electron chi connectivity index (χ3n) is 2.75. The van der Waals surface area contributed by atoms with Crippen LogP contribution in [0.15, 0.2) is 47.9 Å². The Hall–Kier alpha value is -2.26. The summed E-state index contributed by atoms with van der Waals surface area (Å²) in [6, 6.07) is 9.78. The molecule has 1 amide bonds. The molecule has 0 spiro atoms. The number of aromatic nitrogens is 2. The second-order valence-corrected chi connectivity index (χ2v) is 6.05. The van der Waals surface area contributed by atoms with Crippen molar-refractivity contribution in [2.75, 3.05) is 5.32 Å². The van der Waals surface area contributed by atoms with E-state index < -0.39 is 0 Å². The molecule has 0 saturated heterocycles. The minimum atomic E-state index is -0.103. The molecule has 5 nitrogen and oxygen atoms in total. The Balaban J connectivity index is 2.02. The third kappa shape index (κ3) is 4.65. The fourth-order valence-electron chi connectivity index (χ4n) is 1.80. The molecule has 108 valence electrons. The number of amides is 1. The molecule has 0 bridgehead atoms. The molecule has 0 aliphatic carbocycles. The molecule has 0 aliphatic heterocycles. The number of nitrogens with zero attached hydrogens (tertiary/aromatic N) is 3. The molecule has 0 radical (unpaired) electrons. The smallest absolute Gasteiger partial charge is 0.244 e. The van der Waals surface area contributed by atoms with Gasteiger partial charge in [0, 0.05) is 29.0 Å². The van der Waals surface area contributed by atoms with Crippen LogP contribution in [-0.4, -0.2) is 20.7 Å². The highest BCUT2D eigenvalue weighted by Gasteiger charge is 2.10. The first-order valence-electron chi connectivity index (χ1n) is 6.57. The Bertz CT molecular complexity index is 633. The fourth-order valence-corrected chi connectivity index (χ4v) is 2.79. The SMILES string of the molecule is CC(CC#N)Sc1ccccc1NC(=O)Cn1ccnc1. The number of hydrogen-bond acceptors (Lipinski definition) is 4. The van der Waals surface area contributed by atoms with Gasteiger partial charge in [-0.05, 0) is 12.1 Å². The van der Waals surface area contributed by atoms with Crippen LogP contribution in [0.2, 0.25) is 0 Å². The van der Waals surface area contributed by atoms with Gasteiger partial charge in [-0.15, -0.1) is 11.8 Å². The van der Waals surface area contributed by atoms with Gasteiger partial charge in [0.1, 0.15) is 6.54 Å². The average Bonchev–Trinajstić information content (AvgIpc) is 2.94. The van der Waals surface area contributed by atoms with Crippen LogP contribution in [0.25, 0.3) is 0 Å². The van der Waals surface area contributed by atoms with Crippen molar-refractivity contribution in [3.63, 3.8) is 0 Å². The summed E-state index contributed by atoms with van der Waals surface area (Å²) < 4.78 is 1.71. The van der Waals surface area contributed by atoms with Crippen LogP contribution < -0.4 is 5.32 Å². The van der Waals surface area contributed by atoms with Crippen LogP contribution in [0.3, 0.4) is 0 Å². The van der Waals surface area contributed by atoms with Gasteiger partial charge >= 0.3 is 0 Å². The number of nitrogens with one attached hydrogen (secondary N) is 1. The predicted molar refractivity (Wildman–Crippen MR) is 82.8 cm³/mol. The van der Waals surface area contributed by atoms with Gasteiger partial charge in [-0.2, -0.15) is 5.26 Å². The molecule has 0 aliphatic rings. The molecule has 1 unspecified atom stereocenters. The van der Waals surface area contributed by atoms with Gasteiger partial charge in [0.2, 0.25) is 5.91 Å². The summed E-state index contributed by atoms with van der Waals surface area (Å²) in [5.74, 6) is -0.103. The van der Waals surface area contributed by atoms with E-state index in [-0.39, 0.29) is 17.7 Å². The Kier molecular flexibility index (Phi) is 5.41. The summed E-state index contributed by atoms with van der Waals surface area (Å²) in [6.45, 7) is 2.23. The molecular formula is C15H16N4OS. The minimum Gasteiger partial charge on any atom is -0.328 e. The van der Waals surface area contributed by atoms with E-state index in [9.17, 15) is 4.79 Å². The van der Waals surface area contributed by atoms with Gasteiger partial charge in [0.05, 0.1) is 18.1 Å². The zero-order valence-corrected chi connectivity index (χ0v) is 12.5. The molecule has 0 fully saturated rings. The molecule has 1 N–H and O–H groups in total. The van der Waals surface area contributed by atoms with E-state index in [2.05, 4.69) is 16.4 Å². The molecule has 21 heavy (non-hydrogen) atoms. The van der Waals surface area contributed by atoms with Crippen molar-refractivity contribution in [2.45, 2.75) is 30.0 Å². The number of rotatable bonds is 6. The highest BCUT2D eigenvalue weighted by Crippen LogP contribution is 2.31. The Morgan fingerprint density at radius 3 is 3.05 bits per heavy atom. The number of nitriles is 1. The first-order chi connectivity index (χ1) is 10.2. The van der Waals surface area contributed by atoms with Crippen molar-refractivity contribution in [1.82, 2.24) is 9.55 Å². The summed E-state index contributed by atoms with van der Waals surface area (Å²) in [5, 5.41) is 11.8. The summed E-state index contributed by atoms with van der Waals surface area (Å²) in [7, 11) is 0. The maximum Gasteiger partial charge on any atom is 0.244 e. The van der Waals surface area contributed by atoms with Crippen LogP contribution >= 0.6 is 11.8 Å². The first kappa shape index (κ1) is 15.1. The molecule has 2 rings (SSSR count). The molecule has 1 atom stereocenters. The van der Waals surface area contributed by atoms with Crippen molar-refractivity contribution in [3.05, 3.63) is 43.0 Å². The summed E-state index contributed by atoms with van der Waals surface area (Å²) in [5.41, 5.74) is 0.775. The lowest BCUT2D eigenvalue weighted by Gasteiger charge is -2.13. The predicted octanol–water partition coefficient (Wildman–Crippen LogP) is 2.92. The van der Waals surface area contributed by atoms with Crippen LogP contribution in [0.5, 0.6) is 0 Å². The van der Waals surface area contributed by atoms with E-state index in [4.69, 9.17) is 5.26 Å².